The quantitative estimate of drug-likeness (QED) is 0.905. The van der Waals surface area contributed by atoms with Gasteiger partial charge in [0, 0.05) is 22.9 Å². The van der Waals surface area contributed by atoms with Crippen LogP contribution in [-0.2, 0) is 10.8 Å². The third-order valence-corrected chi connectivity index (χ3v) is 6.13. The third-order valence-electron chi connectivity index (χ3n) is 4.20. The van der Waals surface area contributed by atoms with Gasteiger partial charge in [0.2, 0.25) is 0 Å². The molecule has 1 heterocycles. The van der Waals surface area contributed by atoms with Crippen LogP contribution in [0.25, 0.3) is 0 Å². The molecule has 0 bridgehead atoms. The molecule has 2 nitrogen and oxygen atoms in total. The lowest BCUT2D eigenvalue weighted by Gasteiger charge is -2.36. The van der Waals surface area contributed by atoms with E-state index in [0.29, 0.717) is 6.04 Å². The van der Waals surface area contributed by atoms with Crippen molar-refractivity contribution in [3.8, 4) is 0 Å². The number of hydrogen-bond acceptors (Lipinski definition) is 2. The van der Waals surface area contributed by atoms with Crippen molar-refractivity contribution in [1.82, 2.24) is 5.32 Å². The molecular weight excluding hydrogens is 268 g/mol. The second-order valence-corrected chi connectivity index (χ2v) is 7.30. The van der Waals surface area contributed by atoms with Crippen molar-refractivity contribution in [2.75, 3.05) is 0 Å². The zero-order valence-electron chi connectivity index (χ0n) is 11.0. The van der Waals surface area contributed by atoms with E-state index in [4.69, 9.17) is 0 Å². The van der Waals surface area contributed by atoms with Crippen molar-refractivity contribution in [2.45, 2.75) is 48.9 Å². The summed E-state index contributed by atoms with van der Waals surface area (Å²) >= 11 is 0. The molecule has 104 valence electrons. The first-order chi connectivity index (χ1) is 9.00. The van der Waals surface area contributed by atoms with Crippen LogP contribution in [0.1, 0.15) is 38.3 Å². The molecule has 19 heavy (non-hydrogen) atoms. The number of hydrogen-bond donors (Lipinski definition) is 1. The minimum atomic E-state index is -1.48. The molecule has 5 heteroatoms. The van der Waals surface area contributed by atoms with Crippen molar-refractivity contribution in [3.05, 3.63) is 29.3 Å². The maximum Gasteiger partial charge on any atom is 0.139 e. The summed E-state index contributed by atoms with van der Waals surface area (Å²) in [4.78, 5) is 0.0590. The average molecular weight is 285 g/mol. The third kappa shape index (κ3) is 2.13. The first-order valence-electron chi connectivity index (χ1n) is 6.65. The number of benzene rings is 1. The highest BCUT2D eigenvalue weighted by molar-refractivity contribution is 7.85. The molecule has 0 spiro atoms. The summed E-state index contributed by atoms with van der Waals surface area (Å²) in [5, 5.41) is 3.20. The lowest BCUT2D eigenvalue weighted by Crippen LogP contribution is -2.41. The molecule has 0 aromatic heterocycles. The second kappa shape index (κ2) is 4.63. The lowest BCUT2D eigenvalue weighted by atomic mass is 9.90. The van der Waals surface area contributed by atoms with Crippen molar-refractivity contribution >= 4 is 10.8 Å². The average Bonchev–Trinajstić information content (AvgIpc) is 3.19. The van der Waals surface area contributed by atoms with Gasteiger partial charge >= 0.3 is 0 Å². The van der Waals surface area contributed by atoms with Crippen LogP contribution in [-0.4, -0.2) is 15.5 Å². The molecule has 1 aliphatic heterocycles. The van der Waals surface area contributed by atoms with Gasteiger partial charge in [0.15, 0.2) is 0 Å². The molecule has 1 aromatic rings. The summed E-state index contributed by atoms with van der Waals surface area (Å²) in [6, 6.07) is 2.35. The number of nitrogens with one attached hydrogen (secondary N) is 1. The van der Waals surface area contributed by atoms with Crippen LogP contribution in [0.3, 0.4) is 0 Å². The molecule has 4 atom stereocenters. The molecular formula is C14H17F2NOS. The molecule has 1 aliphatic carbocycles. The van der Waals surface area contributed by atoms with E-state index in [1.807, 2.05) is 13.8 Å². The van der Waals surface area contributed by atoms with Gasteiger partial charge in [0.25, 0.3) is 0 Å². The molecule has 0 saturated heterocycles. The molecule has 1 aromatic carbocycles. The van der Waals surface area contributed by atoms with Gasteiger partial charge < -0.3 is 5.32 Å². The van der Waals surface area contributed by atoms with Crippen LogP contribution in [0, 0.1) is 17.6 Å². The zero-order valence-corrected chi connectivity index (χ0v) is 11.8. The fourth-order valence-corrected chi connectivity index (χ4v) is 4.32. The van der Waals surface area contributed by atoms with E-state index >= 15 is 0 Å². The van der Waals surface area contributed by atoms with Gasteiger partial charge in [0.05, 0.1) is 15.7 Å². The van der Waals surface area contributed by atoms with E-state index in [-0.39, 0.29) is 27.7 Å². The van der Waals surface area contributed by atoms with Gasteiger partial charge in [-0.15, -0.1) is 0 Å². The van der Waals surface area contributed by atoms with Gasteiger partial charge in [-0.2, -0.15) is 0 Å². The minimum absolute atomic E-state index is 0.0187. The van der Waals surface area contributed by atoms with Crippen molar-refractivity contribution in [3.63, 3.8) is 0 Å². The Balaban J connectivity index is 2.13. The largest absolute Gasteiger partial charge is 0.307 e. The summed E-state index contributed by atoms with van der Waals surface area (Å²) < 4.78 is 40.4. The SMILES string of the molecule is CC1C(NC2CC2)c2c(F)ccc(F)c2S(=O)C1C. The molecule has 3 rings (SSSR count). The Morgan fingerprint density at radius 3 is 2.47 bits per heavy atom. The molecule has 0 amide bonds. The Bertz CT molecular complexity index is 544. The van der Waals surface area contributed by atoms with Gasteiger partial charge in [-0.25, -0.2) is 8.78 Å². The Morgan fingerprint density at radius 2 is 1.84 bits per heavy atom. The summed E-state index contributed by atoms with van der Waals surface area (Å²) in [5.41, 5.74) is 0.274. The summed E-state index contributed by atoms with van der Waals surface area (Å²) in [5.74, 6) is -0.997. The Hall–Kier alpha value is -0.810. The van der Waals surface area contributed by atoms with E-state index in [2.05, 4.69) is 5.32 Å². The Labute approximate surface area is 114 Å². The Kier molecular flexibility index (Phi) is 3.21. The maximum absolute atomic E-state index is 14.1. The smallest absolute Gasteiger partial charge is 0.139 e. The predicted octanol–water partition coefficient (Wildman–Crippen LogP) is 2.90. The fraction of sp³-hybridized carbons (Fsp3) is 0.571. The van der Waals surface area contributed by atoms with E-state index in [9.17, 15) is 13.0 Å². The highest BCUT2D eigenvalue weighted by atomic mass is 32.2. The first kappa shape index (κ1) is 13.2. The van der Waals surface area contributed by atoms with Gasteiger partial charge in [-0.3, -0.25) is 4.21 Å². The van der Waals surface area contributed by atoms with E-state index < -0.39 is 22.4 Å². The van der Waals surface area contributed by atoms with Crippen LogP contribution in [0.2, 0.25) is 0 Å². The molecule has 0 radical (unpaired) electrons. The highest BCUT2D eigenvalue weighted by Gasteiger charge is 2.41. The zero-order chi connectivity index (χ0) is 13.7. The molecule has 2 aliphatic rings. The van der Waals surface area contributed by atoms with Gasteiger partial charge in [-0.1, -0.05) is 13.8 Å². The van der Waals surface area contributed by atoms with Gasteiger partial charge in [0.1, 0.15) is 11.6 Å². The number of halogens is 2. The maximum atomic E-state index is 14.1. The Morgan fingerprint density at radius 1 is 1.21 bits per heavy atom. The van der Waals surface area contributed by atoms with Crippen LogP contribution < -0.4 is 5.32 Å². The molecule has 1 fully saturated rings. The monoisotopic (exact) mass is 285 g/mol. The minimum Gasteiger partial charge on any atom is -0.307 e. The second-order valence-electron chi connectivity index (χ2n) is 5.55. The summed E-state index contributed by atoms with van der Waals surface area (Å²) in [7, 11) is -1.48. The van der Waals surface area contributed by atoms with Crippen LogP contribution in [0.15, 0.2) is 17.0 Å². The lowest BCUT2D eigenvalue weighted by molar-refractivity contribution is 0.346. The summed E-state index contributed by atoms with van der Waals surface area (Å²) in [6.45, 7) is 3.80. The molecule has 1 saturated carbocycles. The predicted molar refractivity (Wildman–Crippen MR) is 70.3 cm³/mol. The van der Waals surface area contributed by atoms with E-state index in [1.165, 1.54) is 0 Å². The van der Waals surface area contributed by atoms with Gasteiger partial charge in [-0.05, 0) is 30.9 Å². The highest BCUT2D eigenvalue weighted by Crippen LogP contribution is 2.42. The standard InChI is InChI=1S/C14H17F2NOS/c1-7-8(2)19(18)14-11(16)6-5-10(15)12(14)13(7)17-9-3-4-9/h5-9,13,17H,3-4H2,1-2H3. The fourth-order valence-electron chi connectivity index (χ4n) is 2.70. The number of rotatable bonds is 2. The van der Waals surface area contributed by atoms with Crippen LogP contribution >= 0.6 is 0 Å². The molecule has 4 unspecified atom stereocenters. The summed E-state index contributed by atoms with van der Waals surface area (Å²) in [6.07, 6.45) is 2.15. The van der Waals surface area contributed by atoms with Crippen molar-refractivity contribution in [2.24, 2.45) is 5.92 Å². The van der Waals surface area contributed by atoms with Crippen molar-refractivity contribution < 1.29 is 13.0 Å². The topological polar surface area (TPSA) is 29.1 Å². The van der Waals surface area contributed by atoms with E-state index in [1.54, 1.807) is 0 Å². The van der Waals surface area contributed by atoms with Crippen LogP contribution in [0.4, 0.5) is 8.78 Å². The normalized spacial score (nSPS) is 34.1. The number of fused-ring (bicyclic) bond motifs is 1. The first-order valence-corrected chi connectivity index (χ1v) is 7.86. The van der Waals surface area contributed by atoms with Crippen LogP contribution in [0.5, 0.6) is 0 Å². The molecule has 1 N–H and O–H groups in total. The van der Waals surface area contributed by atoms with Crippen molar-refractivity contribution in [1.29, 1.82) is 0 Å². The van der Waals surface area contributed by atoms with E-state index in [0.717, 1.165) is 25.0 Å².